The normalized spacial score (nSPS) is 19.8. The molecular formula is C76H73ClF9N27O4S. The molecule has 0 saturated carbocycles. The van der Waals surface area contributed by atoms with E-state index in [1.807, 2.05) is 32.5 Å². The summed E-state index contributed by atoms with van der Waals surface area (Å²) in [6.07, 6.45) is 13.4. The first-order valence-electron chi connectivity index (χ1n) is 37.2. The maximum Gasteiger partial charge on any atom is 0.417 e. The van der Waals surface area contributed by atoms with Gasteiger partial charge in [0, 0.05) is 153 Å². The number of pyridine rings is 4. The third-order valence-corrected chi connectivity index (χ3v) is 22.1. The highest BCUT2D eigenvalue weighted by Gasteiger charge is 2.39. The molecule has 14 aromatic rings. The predicted octanol–water partition coefficient (Wildman–Crippen LogP) is 12.2. The van der Waals surface area contributed by atoms with Gasteiger partial charge in [0.05, 0.1) is 96.1 Å². The van der Waals surface area contributed by atoms with Crippen LogP contribution in [0, 0.1) is 16.6 Å². The van der Waals surface area contributed by atoms with Crippen LogP contribution in [0.3, 0.4) is 0 Å². The molecule has 612 valence electrons. The van der Waals surface area contributed by atoms with E-state index in [0.29, 0.717) is 151 Å². The van der Waals surface area contributed by atoms with Crippen LogP contribution in [0.25, 0.3) is 68.5 Å². The van der Waals surface area contributed by atoms with Crippen LogP contribution in [0.1, 0.15) is 60.3 Å². The van der Waals surface area contributed by atoms with E-state index in [9.17, 15) is 48.5 Å². The number of alkyl halides is 9. The molecule has 0 radical (unpaired) electrons. The second kappa shape index (κ2) is 32.5. The number of nitrogens with one attached hydrogen (secondary N) is 4. The molecule has 5 saturated heterocycles. The number of ether oxygens (including phenoxy) is 2. The Kier molecular flexibility index (Phi) is 21.9. The van der Waals surface area contributed by atoms with Crippen LogP contribution >= 0.6 is 11.6 Å². The lowest BCUT2D eigenvalue weighted by atomic mass is 9.86. The number of anilines is 4. The van der Waals surface area contributed by atoms with E-state index in [1.54, 1.807) is 80.0 Å². The largest absolute Gasteiger partial charge is 0.417 e. The van der Waals surface area contributed by atoms with Gasteiger partial charge >= 0.3 is 24.6 Å². The van der Waals surface area contributed by atoms with Gasteiger partial charge in [-0.05, 0) is 98.0 Å². The maximum absolute atomic E-state index is 13.1. The van der Waals surface area contributed by atoms with Crippen molar-refractivity contribution < 1.29 is 58.0 Å². The zero-order valence-electron chi connectivity index (χ0n) is 62.9. The van der Waals surface area contributed by atoms with Crippen molar-refractivity contribution in [3.63, 3.8) is 0 Å². The lowest BCUT2D eigenvalue weighted by Gasteiger charge is -2.43. The second-order valence-electron chi connectivity index (χ2n) is 28.9. The Morgan fingerprint density at radius 3 is 1.47 bits per heavy atom. The van der Waals surface area contributed by atoms with Gasteiger partial charge in [-0.2, -0.15) is 49.7 Å². The summed E-state index contributed by atoms with van der Waals surface area (Å²) < 4.78 is 156. The van der Waals surface area contributed by atoms with E-state index in [4.69, 9.17) is 30.8 Å². The van der Waals surface area contributed by atoms with Gasteiger partial charge < -0.3 is 39.3 Å². The van der Waals surface area contributed by atoms with Gasteiger partial charge in [-0.1, -0.05) is 18.5 Å². The number of piperazine rings is 1. The zero-order valence-corrected chi connectivity index (χ0v) is 64.5. The molecule has 7 unspecified atom stereocenters. The average molecular weight is 1670 g/mol. The Morgan fingerprint density at radius 2 is 0.966 bits per heavy atom. The minimum absolute atomic E-state index is 0.0516. The molecule has 42 heteroatoms. The summed E-state index contributed by atoms with van der Waals surface area (Å²) in [7, 11) is -2.54. The first kappa shape index (κ1) is 79.3. The fourth-order valence-electron chi connectivity index (χ4n) is 14.9. The summed E-state index contributed by atoms with van der Waals surface area (Å²) in [4.78, 5) is 74.8. The van der Waals surface area contributed by atoms with Crippen molar-refractivity contribution in [3.8, 4) is 45.9 Å². The monoisotopic (exact) mass is 1670 g/mol. The smallest absolute Gasteiger partial charge is 0.370 e. The SMILES string of the molecule is CC1CC(CS(C)(=N)=O)C(C)N(c2ccnc(-c3cnc4ccc(Cl)cn34)n2)C1.FC(F)(F)c1ccc2ncc(-c3ccnc(N4CCOC(c5cn[nH]c5)C4)n3)n2c1.FC(F)(F)c1ccc2ncc(-c3nccc(N4CCOC(c5cn[nH]c5)C4)n3)n2c1.O=C1NCC2CN(c3ccnc(-c4cnc5ccc(C(F)(F)F)cn45)n3)CCN12. The van der Waals surface area contributed by atoms with Crippen LogP contribution in [0.5, 0.6) is 0 Å². The van der Waals surface area contributed by atoms with Crippen molar-refractivity contribution in [2.24, 2.45) is 11.8 Å². The number of piperidine rings is 1. The summed E-state index contributed by atoms with van der Waals surface area (Å²) in [6.45, 7) is 11.0. The van der Waals surface area contributed by atoms with Crippen molar-refractivity contribution >= 4 is 73.4 Å². The van der Waals surface area contributed by atoms with Crippen LogP contribution in [0.4, 0.5) is 67.7 Å². The minimum Gasteiger partial charge on any atom is -0.370 e. The van der Waals surface area contributed by atoms with Crippen LogP contribution in [-0.4, -0.2) is 209 Å². The number of carbonyl (C=O) groups is 1. The molecule has 14 aromatic heterocycles. The fourth-order valence-corrected chi connectivity index (χ4v) is 16.3. The lowest BCUT2D eigenvalue weighted by molar-refractivity contribution is -0.138. The van der Waals surface area contributed by atoms with Gasteiger partial charge in [0.15, 0.2) is 17.5 Å². The quantitative estimate of drug-likeness (QED) is 0.0826. The van der Waals surface area contributed by atoms with Crippen molar-refractivity contribution in [1.82, 2.24) is 108 Å². The van der Waals surface area contributed by atoms with Gasteiger partial charge in [-0.25, -0.2) is 64.6 Å². The van der Waals surface area contributed by atoms with Crippen molar-refractivity contribution in [2.75, 3.05) is 104 Å². The molecule has 2 amide bonds. The maximum atomic E-state index is 13.1. The first-order chi connectivity index (χ1) is 56.6. The molecular weight excluding hydrogens is 1590 g/mol. The summed E-state index contributed by atoms with van der Waals surface area (Å²) in [5.74, 6) is 4.86. The molecule has 5 aliphatic rings. The molecule has 118 heavy (non-hydrogen) atoms. The number of amides is 2. The molecule has 0 aromatic carbocycles. The number of morpholine rings is 2. The Morgan fingerprint density at radius 1 is 0.508 bits per heavy atom. The number of hydrogen-bond acceptors (Lipinski definition) is 23. The minimum atomic E-state index is -4.45. The van der Waals surface area contributed by atoms with Gasteiger partial charge in [0.1, 0.15) is 69.3 Å². The van der Waals surface area contributed by atoms with Crippen molar-refractivity contribution in [3.05, 3.63) is 205 Å². The molecule has 5 fully saturated rings. The molecule has 0 bridgehead atoms. The van der Waals surface area contributed by atoms with Gasteiger partial charge in [0.25, 0.3) is 0 Å². The number of fused-ring (bicyclic) bond motifs is 5. The number of H-pyrrole nitrogens is 2. The number of nitrogens with zero attached hydrogens (tertiary/aromatic N) is 23. The molecule has 19 heterocycles. The highest BCUT2D eigenvalue weighted by Crippen LogP contribution is 2.38. The Balaban J connectivity index is 0.000000118. The van der Waals surface area contributed by atoms with Crippen LogP contribution in [-0.2, 0) is 37.7 Å². The average Bonchev–Trinajstić information content (AvgIpc) is 1.63. The fraction of sp³-hybridized carbons (Fsp3) is 0.329. The molecule has 19 rings (SSSR count). The predicted molar refractivity (Wildman–Crippen MR) is 416 cm³/mol. The van der Waals surface area contributed by atoms with E-state index in [-0.39, 0.29) is 42.1 Å². The number of aromatic nitrogens is 20. The number of rotatable bonds is 12. The van der Waals surface area contributed by atoms with E-state index >= 15 is 0 Å². The first-order valence-corrected chi connectivity index (χ1v) is 39.7. The molecule has 0 spiro atoms. The van der Waals surface area contributed by atoms with Crippen LogP contribution < -0.4 is 24.9 Å². The summed E-state index contributed by atoms with van der Waals surface area (Å²) in [5, 5.41) is 16.9. The van der Waals surface area contributed by atoms with E-state index in [1.165, 1.54) is 56.2 Å². The molecule has 0 aliphatic carbocycles. The number of carbonyl (C=O) groups excluding carboxylic acids is 1. The Bertz CT molecular complexity index is 5860. The number of aromatic amines is 2. The third kappa shape index (κ3) is 17.3. The summed E-state index contributed by atoms with van der Waals surface area (Å²) >= 11 is 6.16. The highest BCUT2D eigenvalue weighted by atomic mass is 35.5. The van der Waals surface area contributed by atoms with Gasteiger partial charge in [-0.3, -0.25) is 36.8 Å². The molecule has 5 aliphatic heterocycles. The van der Waals surface area contributed by atoms with Gasteiger partial charge in [-0.15, -0.1) is 0 Å². The number of hydrogen-bond donors (Lipinski definition) is 4. The van der Waals surface area contributed by atoms with Crippen LogP contribution in [0.15, 0.2) is 172 Å². The third-order valence-electron chi connectivity index (χ3n) is 20.8. The highest BCUT2D eigenvalue weighted by molar-refractivity contribution is 7.91. The number of halogens is 10. The molecule has 31 nitrogen and oxygen atoms in total. The molecule has 4 N–H and O–H groups in total. The Labute approximate surface area is 670 Å². The van der Waals surface area contributed by atoms with Crippen molar-refractivity contribution in [2.45, 2.75) is 63.1 Å². The van der Waals surface area contributed by atoms with Crippen molar-refractivity contribution in [1.29, 1.82) is 4.78 Å². The van der Waals surface area contributed by atoms with E-state index in [2.05, 4.69) is 109 Å². The van der Waals surface area contributed by atoms with Crippen LogP contribution in [0.2, 0.25) is 5.02 Å². The second-order valence-corrected chi connectivity index (χ2v) is 31.6. The zero-order chi connectivity index (χ0) is 82.4. The standard InChI is InChI=1S/C20H25ClN6OS.2C19H16F3N7O.C18H16F3N7O/c1-13-8-15(12-29(3,22)28)14(2)26(10-13)19-6-7-23-20(25-19)17-9-24-18-5-4-16(21)11-27(17)18;20-19(21,22)13-1-2-16-24-9-14(29(16)10-13)18-23-4-3-17(27-18)28-5-6-30-15(11-28)12-7-25-26-8-12;20-19(21,22)13-1-2-17-24-9-15(29(17)10-13)14-3-4-23-18(27-14)28-5-6-30-16(11-28)12-7-25-26-8-12;19-18(20,21)11-1-2-14-23-8-13(28(14)9-11)16-22-4-3-15(25-16)26-5-6-27-12(10-26)7-24-17(27)29/h4-7,9,11,13-15,22H,8,10,12H2,1-3H3;1-4,7-10,15H,5-6,11H2,(H,25,26);1-4,7-10,16H,5-6,11H2,(H,25,26);1-4,8-9,12H,5-7,10H2,(H,24,29). The van der Waals surface area contributed by atoms with Gasteiger partial charge in [0.2, 0.25) is 5.95 Å². The number of imidazole rings is 4. The number of urea groups is 1. The summed E-state index contributed by atoms with van der Waals surface area (Å²) in [5.41, 5.74) is 4.03. The summed E-state index contributed by atoms with van der Waals surface area (Å²) in [6, 6.07) is 17.9. The Hall–Kier alpha value is -12.5. The van der Waals surface area contributed by atoms with E-state index in [0.717, 1.165) is 78.0 Å². The van der Waals surface area contributed by atoms with E-state index < -0.39 is 44.9 Å². The lowest BCUT2D eigenvalue weighted by Crippen LogP contribution is -2.52. The topological polar surface area (TPSA) is 334 Å². The molecule has 7 atom stereocenters.